The maximum atomic E-state index is 11.8. The Bertz CT molecular complexity index is 681. The number of benzene rings is 2. The molecule has 0 aliphatic rings. The van der Waals surface area contributed by atoms with Crippen molar-refractivity contribution in [3.05, 3.63) is 53.6 Å². The van der Waals surface area contributed by atoms with Crippen molar-refractivity contribution in [2.45, 2.75) is 12.3 Å². The Hall–Kier alpha value is -2.69. The first-order chi connectivity index (χ1) is 11.1. The molecule has 0 aromatic heterocycles. The van der Waals surface area contributed by atoms with E-state index in [0.717, 1.165) is 5.56 Å². The van der Waals surface area contributed by atoms with Crippen LogP contribution in [-0.2, 0) is 11.2 Å². The Labute approximate surface area is 135 Å². The van der Waals surface area contributed by atoms with Crippen molar-refractivity contribution < 1.29 is 24.1 Å². The van der Waals surface area contributed by atoms with Crippen LogP contribution in [0.15, 0.2) is 42.5 Å². The van der Waals surface area contributed by atoms with Crippen LogP contribution in [0.2, 0.25) is 0 Å². The molecule has 0 bridgehead atoms. The van der Waals surface area contributed by atoms with Crippen LogP contribution in [-0.4, -0.2) is 32.4 Å². The topological polar surface area (TPSA) is 65.0 Å². The fourth-order valence-electron chi connectivity index (χ4n) is 2.53. The molecule has 23 heavy (non-hydrogen) atoms. The summed E-state index contributed by atoms with van der Waals surface area (Å²) in [5.41, 5.74) is 1.44. The van der Waals surface area contributed by atoms with Crippen LogP contribution in [0.25, 0.3) is 0 Å². The lowest BCUT2D eigenvalue weighted by molar-refractivity contribution is -0.138. The van der Waals surface area contributed by atoms with E-state index in [-0.39, 0.29) is 0 Å². The molecule has 0 amide bonds. The summed E-state index contributed by atoms with van der Waals surface area (Å²) in [4.78, 5) is 11.8. The molecule has 2 aromatic carbocycles. The quantitative estimate of drug-likeness (QED) is 0.850. The van der Waals surface area contributed by atoms with E-state index in [2.05, 4.69) is 0 Å². The first kappa shape index (κ1) is 16.7. The van der Waals surface area contributed by atoms with Gasteiger partial charge in [-0.05, 0) is 24.1 Å². The summed E-state index contributed by atoms with van der Waals surface area (Å²) < 4.78 is 15.8. The molecular weight excluding hydrogens is 296 g/mol. The van der Waals surface area contributed by atoms with Crippen molar-refractivity contribution in [3.63, 3.8) is 0 Å². The molecule has 2 aromatic rings. The Morgan fingerprint density at radius 2 is 1.70 bits per heavy atom. The highest BCUT2D eigenvalue weighted by Crippen LogP contribution is 2.33. The lowest BCUT2D eigenvalue weighted by atomic mass is 9.91. The predicted molar refractivity (Wildman–Crippen MR) is 86.6 cm³/mol. The van der Waals surface area contributed by atoms with Gasteiger partial charge < -0.3 is 19.3 Å². The molecule has 1 unspecified atom stereocenters. The van der Waals surface area contributed by atoms with E-state index >= 15 is 0 Å². The van der Waals surface area contributed by atoms with Gasteiger partial charge in [0, 0.05) is 11.6 Å². The monoisotopic (exact) mass is 316 g/mol. The average Bonchev–Trinajstić information content (AvgIpc) is 2.59. The predicted octanol–water partition coefficient (Wildman–Crippen LogP) is 3.12. The molecule has 0 saturated heterocycles. The standard InChI is InChI=1S/C18H20O5/c1-21-13-9-8-12(17(11-13)23-3)10-15(18(19)20)14-6-4-5-7-16(14)22-2/h4-9,11,15H,10H2,1-3H3,(H,19,20). The summed E-state index contributed by atoms with van der Waals surface area (Å²) >= 11 is 0. The van der Waals surface area contributed by atoms with Gasteiger partial charge in [-0.1, -0.05) is 24.3 Å². The largest absolute Gasteiger partial charge is 0.497 e. The van der Waals surface area contributed by atoms with Crippen LogP contribution >= 0.6 is 0 Å². The molecule has 5 nitrogen and oxygen atoms in total. The number of carboxylic acid groups (broad SMARTS) is 1. The van der Waals surface area contributed by atoms with Crippen LogP contribution < -0.4 is 14.2 Å². The second-order valence-corrected chi connectivity index (χ2v) is 5.01. The summed E-state index contributed by atoms with van der Waals surface area (Å²) in [6.07, 6.45) is 0.295. The van der Waals surface area contributed by atoms with E-state index in [1.807, 2.05) is 12.1 Å². The third-order valence-corrected chi connectivity index (χ3v) is 3.73. The molecule has 1 atom stereocenters. The minimum Gasteiger partial charge on any atom is -0.497 e. The first-order valence-corrected chi connectivity index (χ1v) is 7.17. The molecule has 5 heteroatoms. The summed E-state index contributed by atoms with van der Waals surface area (Å²) in [6.45, 7) is 0. The second-order valence-electron chi connectivity index (χ2n) is 5.01. The van der Waals surface area contributed by atoms with Crippen molar-refractivity contribution in [3.8, 4) is 17.2 Å². The molecule has 122 valence electrons. The van der Waals surface area contributed by atoms with Gasteiger partial charge in [0.15, 0.2) is 0 Å². The highest BCUT2D eigenvalue weighted by molar-refractivity contribution is 5.78. The Kier molecular flexibility index (Phi) is 5.46. The van der Waals surface area contributed by atoms with Crippen LogP contribution in [0.1, 0.15) is 17.0 Å². The van der Waals surface area contributed by atoms with Crippen molar-refractivity contribution in [2.75, 3.05) is 21.3 Å². The first-order valence-electron chi connectivity index (χ1n) is 7.17. The Morgan fingerprint density at radius 3 is 2.30 bits per heavy atom. The van der Waals surface area contributed by atoms with Gasteiger partial charge in [-0.3, -0.25) is 4.79 Å². The normalized spacial score (nSPS) is 11.6. The third kappa shape index (κ3) is 3.74. The SMILES string of the molecule is COc1ccc(CC(C(=O)O)c2ccccc2OC)c(OC)c1. The van der Waals surface area contributed by atoms with Gasteiger partial charge in [0.1, 0.15) is 17.2 Å². The maximum Gasteiger partial charge on any atom is 0.311 e. The van der Waals surface area contributed by atoms with Gasteiger partial charge in [-0.2, -0.15) is 0 Å². The van der Waals surface area contributed by atoms with Gasteiger partial charge in [0.05, 0.1) is 27.2 Å². The summed E-state index contributed by atoms with van der Waals surface area (Å²) in [6, 6.07) is 12.5. The van der Waals surface area contributed by atoms with Crippen molar-refractivity contribution in [2.24, 2.45) is 0 Å². The highest BCUT2D eigenvalue weighted by atomic mass is 16.5. The van der Waals surface area contributed by atoms with Gasteiger partial charge in [0.25, 0.3) is 0 Å². The van der Waals surface area contributed by atoms with Gasteiger partial charge >= 0.3 is 5.97 Å². The van der Waals surface area contributed by atoms with E-state index in [4.69, 9.17) is 14.2 Å². The van der Waals surface area contributed by atoms with Crippen molar-refractivity contribution in [1.82, 2.24) is 0 Å². The Morgan fingerprint density at radius 1 is 1.00 bits per heavy atom. The van der Waals surface area contributed by atoms with E-state index in [9.17, 15) is 9.90 Å². The molecule has 0 fully saturated rings. The number of para-hydroxylation sites is 1. The van der Waals surface area contributed by atoms with Crippen molar-refractivity contribution in [1.29, 1.82) is 0 Å². The van der Waals surface area contributed by atoms with E-state index in [1.54, 1.807) is 44.6 Å². The number of carbonyl (C=O) groups is 1. The fraction of sp³-hybridized carbons (Fsp3) is 0.278. The molecule has 2 rings (SSSR count). The molecule has 1 N–H and O–H groups in total. The minimum absolute atomic E-state index is 0.295. The molecule has 0 spiro atoms. The zero-order chi connectivity index (χ0) is 16.8. The number of methoxy groups -OCH3 is 3. The lowest BCUT2D eigenvalue weighted by Gasteiger charge is -2.18. The van der Waals surface area contributed by atoms with E-state index < -0.39 is 11.9 Å². The minimum atomic E-state index is -0.910. The zero-order valence-electron chi connectivity index (χ0n) is 13.4. The highest BCUT2D eigenvalue weighted by Gasteiger charge is 2.25. The average molecular weight is 316 g/mol. The molecule has 0 radical (unpaired) electrons. The number of ether oxygens (including phenoxy) is 3. The summed E-state index contributed by atoms with van der Waals surface area (Å²) in [5.74, 6) is 0.188. The van der Waals surface area contributed by atoms with Crippen LogP contribution in [0, 0.1) is 0 Å². The number of rotatable bonds is 7. The van der Waals surface area contributed by atoms with E-state index in [0.29, 0.717) is 29.2 Å². The smallest absolute Gasteiger partial charge is 0.311 e. The maximum absolute atomic E-state index is 11.8. The molecule has 0 aliphatic carbocycles. The molecule has 0 saturated carbocycles. The van der Waals surface area contributed by atoms with E-state index in [1.165, 1.54) is 7.11 Å². The summed E-state index contributed by atoms with van der Waals surface area (Å²) in [7, 11) is 4.66. The van der Waals surface area contributed by atoms with Crippen LogP contribution in [0.3, 0.4) is 0 Å². The lowest BCUT2D eigenvalue weighted by Crippen LogP contribution is -2.16. The number of carboxylic acids is 1. The number of hydrogen-bond donors (Lipinski definition) is 1. The van der Waals surface area contributed by atoms with Gasteiger partial charge in [-0.15, -0.1) is 0 Å². The Balaban J connectivity index is 2.39. The van der Waals surface area contributed by atoms with Gasteiger partial charge in [-0.25, -0.2) is 0 Å². The summed E-state index contributed by atoms with van der Waals surface area (Å²) in [5, 5.41) is 9.65. The molecular formula is C18H20O5. The van der Waals surface area contributed by atoms with Gasteiger partial charge in [0.2, 0.25) is 0 Å². The third-order valence-electron chi connectivity index (χ3n) is 3.73. The number of aliphatic carboxylic acids is 1. The van der Waals surface area contributed by atoms with Crippen molar-refractivity contribution >= 4 is 5.97 Å². The molecule has 0 heterocycles. The second kappa shape index (κ2) is 7.54. The zero-order valence-corrected chi connectivity index (χ0v) is 13.4. The van der Waals surface area contributed by atoms with Crippen LogP contribution in [0.5, 0.6) is 17.2 Å². The fourth-order valence-corrected chi connectivity index (χ4v) is 2.53. The molecule has 0 aliphatic heterocycles. The van der Waals surface area contributed by atoms with Crippen LogP contribution in [0.4, 0.5) is 0 Å². The number of hydrogen-bond acceptors (Lipinski definition) is 4.